The molecule has 3 aliphatic rings. The molecule has 1 aliphatic carbocycles. The highest BCUT2D eigenvalue weighted by Crippen LogP contribution is 2.49. The normalized spacial score (nSPS) is 44.5. The van der Waals surface area contributed by atoms with Crippen LogP contribution in [0.15, 0.2) is 36.5 Å². The van der Waals surface area contributed by atoms with Crippen molar-refractivity contribution in [2.45, 2.75) is 50.4 Å². The lowest BCUT2D eigenvalue weighted by atomic mass is 9.84. The van der Waals surface area contributed by atoms with E-state index in [0.29, 0.717) is 5.57 Å². The number of carbonyl (C=O) groups excluding carboxylic acids is 1. The van der Waals surface area contributed by atoms with Gasteiger partial charge in [0, 0.05) is 11.5 Å². The van der Waals surface area contributed by atoms with Crippen molar-refractivity contribution < 1.29 is 14.3 Å². The number of hydrogen-bond donors (Lipinski definition) is 0. The average molecular weight is 260 g/mol. The molecule has 0 saturated carbocycles. The average Bonchev–Trinajstić information content (AvgIpc) is 2.97. The maximum atomic E-state index is 11.7. The number of ether oxygens (including phenoxy) is 2. The number of hydrogen-bond acceptors (Lipinski definition) is 3. The largest absolute Gasteiger partial charge is 0.455 e. The van der Waals surface area contributed by atoms with Gasteiger partial charge < -0.3 is 9.47 Å². The summed E-state index contributed by atoms with van der Waals surface area (Å²) in [4.78, 5) is 11.7. The fourth-order valence-corrected chi connectivity index (χ4v) is 3.27. The van der Waals surface area contributed by atoms with Crippen molar-refractivity contribution in [2.75, 3.05) is 0 Å². The van der Waals surface area contributed by atoms with E-state index >= 15 is 0 Å². The molecule has 0 radical (unpaired) electrons. The molecular weight excluding hydrogens is 240 g/mol. The summed E-state index contributed by atoms with van der Waals surface area (Å²) in [5, 5.41) is 0. The maximum absolute atomic E-state index is 11.7. The van der Waals surface area contributed by atoms with Gasteiger partial charge in [-0.1, -0.05) is 30.9 Å². The molecule has 102 valence electrons. The zero-order chi connectivity index (χ0) is 13.6. The molecule has 0 amide bonds. The Morgan fingerprint density at radius 3 is 3.05 bits per heavy atom. The summed E-state index contributed by atoms with van der Waals surface area (Å²) in [6.45, 7) is 9.86. The van der Waals surface area contributed by atoms with Crippen LogP contribution in [0, 0.1) is 5.92 Å². The molecule has 3 nitrogen and oxygen atoms in total. The lowest BCUT2D eigenvalue weighted by Crippen LogP contribution is -2.28. The van der Waals surface area contributed by atoms with Crippen molar-refractivity contribution in [1.29, 1.82) is 0 Å². The van der Waals surface area contributed by atoms with E-state index in [2.05, 4.69) is 26.2 Å². The van der Waals surface area contributed by atoms with E-state index in [1.54, 1.807) is 0 Å². The first kappa shape index (κ1) is 12.7. The predicted octanol–water partition coefficient (Wildman–Crippen LogP) is 2.93. The first-order chi connectivity index (χ1) is 9.05. The Kier molecular flexibility index (Phi) is 2.90. The van der Waals surface area contributed by atoms with Crippen LogP contribution in [0.3, 0.4) is 0 Å². The lowest BCUT2D eigenvalue weighted by molar-refractivity contribution is -0.140. The van der Waals surface area contributed by atoms with Crippen molar-refractivity contribution in [2.24, 2.45) is 5.92 Å². The van der Waals surface area contributed by atoms with Gasteiger partial charge in [0.25, 0.3) is 0 Å². The van der Waals surface area contributed by atoms with Gasteiger partial charge in [0.05, 0.1) is 5.60 Å². The summed E-state index contributed by atoms with van der Waals surface area (Å²) >= 11 is 0. The molecule has 3 heteroatoms. The molecule has 0 aromatic rings. The van der Waals surface area contributed by atoms with Gasteiger partial charge in [-0.05, 0) is 32.6 Å². The minimum absolute atomic E-state index is 0.0411. The molecule has 0 aromatic carbocycles. The molecule has 0 spiro atoms. The van der Waals surface area contributed by atoms with Gasteiger partial charge in [0.15, 0.2) is 0 Å². The van der Waals surface area contributed by atoms with Gasteiger partial charge in [0.1, 0.15) is 12.2 Å². The highest BCUT2D eigenvalue weighted by molar-refractivity contribution is 5.91. The van der Waals surface area contributed by atoms with E-state index in [-0.39, 0.29) is 29.7 Å². The van der Waals surface area contributed by atoms with Crippen molar-refractivity contribution in [3.8, 4) is 0 Å². The Hall–Kier alpha value is -1.35. The minimum Gasteiger partial charge on any atom is -0.455 e. The summed E-state index contributed by atoms with van der Waals surface area (Å²) in [5.74, 6) is -0.169. The first-order valence-electron chi connectivity index (χ1n) is 6.94. The van der Waals surface area contributed by atoms with Gasteiger partial charge in [0.2, 0.25) is 0 Å². The first-order valence-corrected chi connectivity index (χ1v) is 6.94. The fourth-order valence-electron chi connectivity index (χ4n) is 3.27. The third-order valence-electron chi connectivity index (χ3n) is 4.64. The van der Waals surface area contributed by atoms with E-state index < -0.39 is 0 Å². The number of carbonyl (C=O) groups is 1. The van der Waals surface area contributed by atoms with Crippen LogP contribution in [0.2, 0.25) is 0 Å². The van der Waals surface area contributed by atoms with Crippen LogP contribution >= 0.6 is 0 Å². The smallest absolute Gasteiger partial charge is 0.334 e. The summed E-state index contributed by atoms with van der Waals surface area (Å²) in [7, 11) is 0. The molecule has 0 N–H and O–H groups in total. The molecule has 2 heterocycles. The van der Waals surface area contributed by atoms with E-state index in [4.69, 9.17) is 9.47 Å². The molecule has 0 bridgehead atoms. The van der Waals surface area contributed by atoms with Crippen LogP contribution in [0.1, 0.15) is 32.6 Å². The van der Waals surface area contributed by atoms with Crippen molar-refractivity contribution in [1.82, 2.24) is 0 Å². The quantitative estimate of drug-likeness (QED) is 0.413. The predicted molar refractivity (Wildman–Crippen MR) is 72.5 cm³/mol. The van der Waals surface area contributed by atoms with E-state index in [9.17, 15) is 4.79 Å². The highest BCUT2D eigenvalue weighted by atomic mass is 16.6. The van der Waals surface area contributed by atoms with Crippen molar-refractivity contribution >= 4 is 5.97 Å². The van der Waals surface area contributed by atoms with Gasteiger partial charge in [-0.25, -0.2) is 4.79 Å². The molecule has 2 saturated heterocycles. The fraction of sp³-hybridized carbons (Fsp3) is 0.562. The van der Waals surface area contributed by atoms with Gasteiger partial charge in [-0.2, -0.15) is 0 Å². The topological polar surface area (TPSA) is 38.8 Å². The van der Waals surface area contributed by atoms with Crippen molar-refractivity contribution in [3.05, 3.63) is 36.5 Å². The van der Waals surface area contributed by atoms with E-state index in [0.717, 1.165) is 25.7 Å². The van der Waals surface area contributed by atoms with Crippen LogP contribution < -0.4 is 0 Å². The zero-order valence-corrected chi connectivity index (χ0v) is 11.4. The van der Waals surface area contributed by atoms with E-state index in [1.165, 1.54) is 5.57 Å². The van der Waals surface area contributed by atoms with Gasteiger partial charge in [-0.15, -0.1) is 0 Å². The second kappa shape index (κ2) is 4.34. The highest BCUT2D eigenvalue weighted by Gasteiger charge is 2.61. The molecule has 0 unspecified atom stereocenters. The molecule has 0 aromatic heterocycles. The number of allylic oxidation sites excluding steroid dienone is 3. The van der Waals surface area contributed by atoms with Gasteiger partial charge >= 0.3 is 5.97 Å². The van der Waals surface area contributed by atoms with Crippen LogP contribution in [0.25, 0.3) is 0 Å². The monoisotopic (exact) mass is 260 g/mol. The number of rotatable bonds is 1. The summed E-state index contributed by atoms with van der Waals surface area (Å²) in [6, 6.07) is 0. The van der Waals surface area contributed by atoms with E-state index in [1.807, 2.05) is 6.08 Å². The van der Waals surface area contributed by atoms with Crippen LogP contribution in [0.4, 0.5) is 0 Å². The third kappa shape index (κ3) is 2.06. The third-order valence-corrected chi connectivity index (χ3v) is 4.64. The SMILES string of the molecule is C=C/C1=C/CC[C@@]2(C)O[C@@H]2[C@H]2OC(=O)C(=C)[C@@H]2CC1. The molecule has 3 rings (SSSR count). The second-order valence-electron chi connectivity index (χ2n) is 5.91. The second-order valence-corrected chi connectivity index (χ2v) is 5.91. The molecular formula is C16H20O3. The Morgan fingerprint density at radius 2 is 2.32 bits per heavy atom. The van der Waals surface area contributed by atoms with Crippen molar-refractivity contribution in [3.63, 3.8) is 0 Å². The van der Waals surface area contributed by atoms with Crippen LogP contribution in [-0.2, 0) is 14.3 Å². The van der Waals surface area contributed by atoms with Crippen LogP contribution in [-0.4, -0.2) is 23.8 Å². The zero-order valence-electron chi connectivity index (χ0n) is 11.4. The Morgan fingerprint density at radius 1 is 1.53 bits per heavy atom. The summed E-state index contributed by atoms with van der Waals surface area (Å²) in [5.41, 5.74) is 1.70. The molecule has 2 aliphatic heterocycles. The number of epoxide rings is 1. The van der Waals surface area contributed by atoms with Crippen LogP contribution in [0.5, 0.6) is 0 Å². The Balaban J connectivity index is 1.88. The minimum atomic E-state index is -0.253. The van der Waals surface area contributed by atoms with Gasteiger partial charge in [-0.3, -0.25) is 0 Å². The Bertz CT molecular complexity index is 476. The Labute approximate surface area is 114 Å². The number of esters is 1. The summed E-state index contributed by atoms with van der Waals surface area (Å²) in [6.07, 6.45) is 7.78. The standard InChI is InChI=1S/C16H20O3/c1-4-11-6-5-9-16(3)14(19-16)13-12(8-7-11)10(2)15(17)18-13/h4,6,12-14H,1-2,5,7-9H2,3H3/b11-6-/t12-,13-,14+,16+/m0/s1. The molecule has 2 fully saturated rings. The molecule has 4 atom stereocenters. The molecule has 19 heavy (non-hydrogen) atoms. The number of fused-ring (bicyclic) bond motifs is 3. The summed E-state index contributed by atoms with van der Waals surface area (Å²) < 4.78 is 11.3. The maximum Gasteiger partial charge on any atom is 0.334 e. The lowest BCUT2D eigenvalue weighted by Gasteiger charge is -2.19.